The highest BCUT2D eigenvalue weighted by Gasteiger charge is 2.33. The van der Waals surface area contributed by atoms with Gasteiger partial charge < -0.3 is 19.3 Å². The number of anilines is 2. The molecule has 1 aromatic heterocycles. The van der Waals surface area contributed by atoms with Crippen LogP contribution in [0, 0.1) is 10.1 Å². The van der Waals surface area contributed by atoms with E-state index in [9.17, 15) is 19.7 Å². The number of esters is 1. The van der Waals surface area contributed by atoms with E-state index in [0.717, 1.165) is 16.9 Å². The summed E-state index contributed by atoms with van der Waals surface area (Å²) in [7, 11) is 3.87. The summed E-state index contributed by atoms with van der Waals surface area (Å²) in [6, 6.07) is 11.6. The first kappa shape index (κ1) is 28.2. The molecule has 3 aromatic rings. The molecule has 41 heavy (non-hydrogen) atoms. The molecule has 11 nitrogen and oxygen atoms in total. The van der Waals surface area contributed by atoms with Crippen LogP contribution in [0.2, 0.25) is 0 Å². The van der Waals surface area contributed by atoms with Gasteiger partial charge in [0.2, 0.25) is 0 Å². The first-order valence-corrected chi connectivity index (χ1v) is 14.1. The standard InChI is InChI=1S/C29H31N5O6S/c1-5-40-28(36)25-18(2)30-29-33(26(25)19-6-8-21(9-7-19)31(3)4)27(35)24(41-29)17-20-16-22(34(37)38)10-11-23(20)32-12-14-39-15-13-32/h6-11,16-17,26H,5,12-15H2,1-4H3/b24-17-/t26-/m1/s1. The Labute approximate surface area is 240 Å². The van der Waals surface area contributed by atoms with Gasteiger partial charge in [-0.1, -0.05) is 23.5 Å². The normalized spacial score (nSPS) is 17.2. The second-order valence-electron chi connectivity index (χ2n) is 9.89. The van der Waals surface area contributed by atoms with E-state index >= 15 is 0 Å². The van der Waals surface area contributed by atoms with E-state index in [4.69, 9.17) is 9.47 Å². The molecule has 2 aliphatic heterocycles. The largest absolute Gasteiger partial charge is 0.463 e. The van der Waals surface area contributed by atoms with Gasteiger partial charge in [0.05, 0.1) is 46.6 Å². The van der Waals surface area contributed by atoms with Gasteiger partial charge in [-0.2, -0.15) is 0 Å². The summed E-state index contributed by atoms with van der Waals surface area (Å²) in [6.07, 6.45) is 1.68. The van der Waals surface area contributed by atoms with E-state index in [0.29, 0.717) is 52.5 Å². The number of nitrogens with zero attached hydrogens (tertiary/aromatic N) is 5. The van der Waals surface area contributed by atoms with Crippen molar-refractivity contribution in [3.63, 3.8) is 0 Å². The number of carbonyl (C=O) groups is 1. The summed E-state index contributed by atoms with van der Waals surface area (Å²) in [5.74, 6) is -0.530. The Bertz CT molecular complexity index is 1700. The van der Waals surface area contributed by atoms with E-state index in [2.05, 4.69) is 9.89 Å². The molecule has 1 saturated heterocycles. The highest BCUT2D eigenvalue weighted by atomic mass is 32.1. The molecule has 12 heteroatoms. The summed E-state index contributed by atoms with van der Waals surface area (Å²) in [4.78, 5) is 47.5. The first-order chi connectivity index (χ1) is 19.7. The molecule has 0 aliphatic carbocycles. The molecular formula is C29H31N5O6S. The number of aromatic nitrogens is 1. The van der Waals surface area contributed by atoms with Crippen LogP contribution < -0.4 is 24.7 Å². The zero-order valence-corrected chi connectivity index (χ0v) is 24.1. The molecule has 3 heterocycles. The molecule has 0 saturated carbocycles. The van der Waals surface area contributed by atoms with Crippen molar-refractivity contribution >= 4 is 40.4 Å². The lowest BCUT2D eigenvalue weighted by Crippen LogP contribution is -2.40. The monoisotopic (exact) mass is 577 g/mol. The maximum atomic E-state index is 14.0. The highest BCUT2D eigenvalue weighted by molar-refractivity contribution is 7.07. The highest BCUT2D eigenvalue weighted by Crippen LogP contribution is 2.32. The molecule has 1 fully saturated rings. The number of allylic oxidation sites excluding steroid dienone is 1. The van der Waals surface area contributed by atoms with Crippen molar-refractivity contribution in [3.8, 4) is 0 Å². The number of hydrogen-bond acceptors (Lipinski definition) is 10. The van der Waals surface area contributed by atoms with Crippen LogP contribution in [0.25, 0.3) is 6.08 Å². The number of hydrogen-bond donors (Lipinski definition) is 0. The van der Waals surface area contributed by atoms with Crippen LogP contribution in [0.3, 0.4) is 0 Å². The first-order valence-electron chi connectivity index (χ1n) is 13.3. The summed E-state index contributed by atoms with van der Waals surface area (Å²) in [5.41, 5.74) is 3.41. The third kappa shape index (κ3) is 5.52. The smallest absolute Gasteiger partial charge is 0.338 e. The third-order valence-corrected chi connectivity index (χ3v) is 8.09. The molecule has 0 amide bonds. The van der Waals surface area contributed by atoms with Crippen molar-refractivity contribution in [1.82, 2.24) is 4.57 Å². The number of nitro groups is 1. The van der Waals surface area contributed by atoms with Crippen LogP contribution in [-0.4, -0.2) is 62.5 Å². The number of nitro benzene ring substituents is 1. The quantitative estimate of drug-likeness (QED) is 0.239. The molecule has 0 unspecified atom stereocenters. The Hall–Kier alpha value is -4.29. The fraction of sp³-hybridized carbons (Fsp3) is 0.345. The molecule has 214 valence electrons. The number of carbonyl (C=O) groups excluding carboxylic acids is 1. The lowest BCUT2D eigenvalue weighted by molar-refractivity contribution is -0.384. The molecule has 2 aromatic carbocycles. The van der Waals surface area contributed by atoms with Crippen molar-refractivity contribution in [2.45, 2.75) is 19.9 Å². The second-order valence-corrected chi connectivity index (χ2v) is 10.9. The van der Waals surface area contributed by atoms with Crippen molar-refractivity contribution < 1.29 is 19.2 Å². The van der Waals surface area contributed by atoms with Gasteiger partial charge in [0.1, 0.15) is 0 Å². The number of morpholine rings is 1. The molecule has 0 N–H and O–H groups in total. The van der Waals surface area contributed by atoms with Crippen LogP contribution in [0.1, 0.15) is 31.0 Å². The van der Waals surface area contributed by atoms with Crippen LogP contribution >= 0.6 is 11.3 Å². The zero-order valence-electron chi connectivity index (χ0n) is 23.3. The topological polar surface area (TPSA) is 120 Å². The minimum atomic E-state index is -0.743. The van der Waals surface area contributed by atoms with Crippen molar-refractivity contribution in [1.29, 1.82) is 0 Å². The second kappa shape index (κ2) is 11.7. The maximum Gasteiger partial charge on any atom is 0.338 e. The van der Waals surface area contributed by atoms with Crippen LogP contribution in [0.4, 0.5) is 17.1 Å². The minimum absolute atomic E-state index is 0.0691. The van der Waals surface area contributed by atoms with E-state index in [1.165, 1.54) is 28.0 Å². The van der Waals surface area contributed by atoms with Gasteiger partial charge in [0.25, 0.3) is 11.2 Å². The number of fused-ring (bicyclic) bond motifs is 1. The fourth-order valence-corrected chi connectivity index (χ4v) is 6.10. The summed E-state index contributed by atoms with van der Waals surface area (Å²) in [5, 5.41) is 11.6. The Kier molecular flexibility index (Phi) is 8.04. The number of benzene rings is 2. The van der Waals surface area contributed by atoms with Crippen molar-refractivity contribution in [2.24, 2.45) is 4.99 Å². The molecule has 0 radical (unpaired) electrons. The van der Waals surface area contributed by atoms with Gasteiger partial charge in [-0.3, -0.25) is 19.5 Å². The van der Waals surface area contributed by atoms with E-state index < -0.39 is 16.9 Å². The Balaban J connectivity index is 1.70. The van der Waals surface area contributed by atoms with Crippen molar-refractivity contribution in [2.75, 3.05) is 56.8 Å². The lowest BCUT2D eigenvalue weighted by Gasteiger charge is -2.30. The van der Waals surface area contributed by atoms with Crippen LogP contribution in [-0.2, 0) is 14.3 Å². The van der Waals surface area contributed by atoms with Gasteiger partial charge in [-0.05, 0) is 43.7 Å². The minimum Gasteiger partial charge on any atom is -0.463 e. The molecule has 2 aliphatic rings. The Morgan fingerprint density at radius 1 is 1.22 bits per heavy atom. The van der Waals surface area contributed by atoms with Crippen molar-refractivity contribution in [3.05, 3.63) is 94.7 Å². The SMILES string of the molecule is CCOC(=O)C1=C(C)N=c2s/c(=C\c3cc([N+](=O)[O-])ccc3N3CCOCC3)c(=O)n2[C@@H]1c1ccc(N(C)C)cc1. The maximum absolute atomic E-state index is 14.0. The summed E-state index contributed by atoms with van der Waals surface area (Å²) >= 11 is 1.18. The van der Waals surface area contributed by atoms with E-state index in [1.807, 2.05) is 43.3 Å². The number of rotatable bonds is 7. The summed E-state index contributed by atoms with van der Waals surface area (Å²) < 4.78 is 12.7. The zero-order chi connectivity index (χ0) is 29.3. The van der Waals surface area contributed by atoms with Gasteiger partial charge in [0, 0.05) is 56.3 Å². The number of thiazole rings is 1. The summed E-state index contributed by atoms with van der Waals surface area (Å²) in [6.45, 7) is 6.00. The third-order valence-electron chi connectivity index (χ3n) is 7.10. The van der Waals surface area contributed by atoms with Crippen LogP contribution in [0.15, 0.2) is 63.5 Å². The van der Waals surface area contributed by atoms with Crippen LogP contribution in [0.5, 0.6) is 0 Å². The Morgan fingerprint density at radius 2 is 1.93 bits per heavy atom. The lowest BCUT2D eigenvalue weighted by atomic mass is 9.95. The van der Waals surface area contributed by atoms with Gasteiger partial charge in [-0.15, -0.1) is 0 Å². The Morgan fingerprint density at radius 3 is 2.56 bits per heavy atom. The molecule has 1 atom stereocenters. The average molecular weight is 578 g/mol. The van der Waals surface area contributed by atoms with E-state index in [1.54, 1.807) is 26.0 Å². The average Bonchev–Trinajstić information content (AvgIpc) is 3.26. The predicted octanol–water partition coefficient (Wildman–Crippen LogP) is 2.61. The molecule has 0 spiro atoms. The van der Waals surface area contributed by atoms with Gasteiger partial charge in [0.15, 0.2) is 4.80 Å². The van der Waals surface area contributed by atoms with Gasteiger partial charge >= 0.3 is 5.97 Å². The molecule has 5 rings (SSSR count). The molecular weight excluding hydrogens is 546 g/mol. The number of ether oxygens (including phenoxy) is 2. The number of non-ortho nitro benzene ring substituents is 1. The van der Waals surface area contributed by atoms with Gasteiger partial charge in [-0.25, -0.2) is 9.79 Å². The molecule has 0 bridgehead atoms. The van der Waals surface area contributed by atoms with E-state index in [-0.39, 0.29) is 17.9 Å². The fourth-order valence-electron chi connectivity index (χ4n) is 5.07. The predicted molar refractivity (Wildman–Crippen MR) is 157 cm³/mol.